The topological polar surface area (TPSA) is 60.9 Å². The number of hydrogen-bond acceptors (Lipinski definition) is 2. The Morgan fingerprint density at radius 3 is 2.45 bits per heavy atom. The van der Waals surface area contributed by atoms with Crippen molar-refractivity contribution in [1.82, 2.24) is 5.32 Å². The van der Waals surface area contributed by atoms with E-state index in [2.05, 4.69) is 19.2 Å². The second-order valence-electron chi connectivity index (χ2n) is 3.74. The average Bonchev–Trinajstić information content (AvgIpc) is 1.81. The van der Waals surface area contributed by atoms with Gasteiger partial charge in [-0.3, -0.25) is 0 Å². The molecule has 0 unspecified atom stereocenters. The maximum absolute atomic E-state index is 6.97. The summed E-state index contributed by atoms with van der Waals surface area (Å²) < 4.78 is 0. The fourth-order valence-corrected chi connectivity index (χ4v) is 1.28. The van der Waals surface area contributed by atoms with Crippen molar-refractivity contribution in [2.24, 2.45) is 5.73 Å². The van der Waals surface area contributed by atoms with E-state index in [1.807, 2.05) is 6.92 Å². The van der Waals surface area contributed by atoms with Crippen molar-refractivity contribution in [3.8, 4) is 0 Å². The zero-order chi connectivity index (χ0) is 8.91. The van der Waals surface area contributed by atoms with Crippen LogP contribution in [0.2, 0.25) is 0 Å². The lowest BCUT2D eigenvalue weighted by Crippen LogP contribution is -2.44. The first kappa shape index (κ1) is 10.9. The van der Waals surface area contributed by atoms with E-state index in [0.29, 0.717) is 6.61 Å². The molecule has 0 heterocycles. The molecule has 0 saturated carbocycles. The van der Waals surface area contributed by atoms with Crippen molar-refractivity contribution in [2.45, 2.75) is 38.8 Å². The Kier molecular flexibility index (Phi) is 4.65. The van der Waals surface area contributed by atoms with Crippen LogP contribution in [0, 0.1) is 0 Å². The van der Waals surface area contributed by atoms with Crippen molar-refractivity contribution < 1.29 is 5.11 Å². The second kappa shape index (κ2) is 4.70. The average molecular weight is 161 g/mol. The number of nitrogens with one attached hydrogen (secondary N) is 1. The zero-order valence-corrected chi connectivity index (χ0v) is 7.78. The maximum atomic E-state index is 6.97. The van der Waals surface area contributed by atoms with Crippen LogP contribution in [0.1, 0.15) is 27.2 Å². The standard InChI is InChI=1S/C8H20N2O/c1-7(9)6-8(2,3)10-4-5-11/h7,10-11H,4-6,9H2,1-3H3/p+1/t7-/m1/s1. The summed E-state index contributed by atoms with van der Waals surface area (Å²) in [6.45, 7) is 7.42. The number of rotatable bonds is 5. The van der Waals surface area contributed by atoms with Crippen molar-refractivity contribution >= 4 is 0 Å². The second-order valence-corrected chi connectivity index (χ2v) is 3.74. The molecule has 0 bridgehead atoms. The predicted octanol–water partition coefficient (Wildman–Crippen LogP) is -0.183. The van der Waals surface area contributed by atoms with Gasteiger partial charge in [0, 0.05) is 11.6 Å². The summed E-state index contributed by atoms with van der Waals surface area (Å²) in [7, 11) is 0. The summed E-state index contributed by atoms with van der Waals surface area (Å²) in [5.74, 6) is 0. The van der Waals surface area contributed by atoms with Crippen molar-refractivity contribution in [1.29, 1.82) is 0 Å². The third kappa shape index (κ3) is 6.28. The first-order chi connectivity index (χ1) is 4.98. The smallest absolute Gasteiger partial charge is 0.156 e. The highest BCUT2D eigenvalue weighted by Crippen LogP contribution is 2.09. The lowest BCUT2D eigenvalue weighted by atomic mass is 9.96. The molecule has 0 aliphatic rings. The van der Waals surface area contributed by atoms with Gasteiger partial charge < -0.3 is 16.2 Å². The summed E-state index contributed by atoms with van der Waals surface area (Å²) in [4.78, 5) is 0. The van der Waals surface area contributed by atoms with Gasteiger partial charge in [0.15, 0.2) is 6.61 Å². The molecule has 1 atom stereocenters. The van der Waals surface area contributed by atoms with Gasteiger partial charge in [-0.15, -0.1) is 0 Å². The van der Waals surface area contributed by atoms with Crippen LogP contribution in [-0.4, -0.2) is 29.8 Å². The van der Waals surface area contributed by atoms with Crippen molar-refractivity contribution in [3.05, 3.63) is 0 Å². The molecule has 0 rings (SSSR count). The van der Waals surface area contributed by atoms with E-state index in [9.17, 15) is 0 Å². The van der Waals surface area contributed by atoms with Crippen LogP contribution in [0.15, 0.2) is 0 Å². The molecular formula is C8H21N2O+. The summed E-state index contributed by atoms with van der Waals surface area (Å²) in [5.41, 5.74) is 5.74. The van der Waals surface area contributed by atoms with E-state index in [-0.39, 0.29) is 11.6 Å². The van der Waals surface area contributed by atoms with Crippen molar-refractivity contribution in [3.63, 3.8) is 0 Å². The van der Waals surface area contributed by atoms with E-state index in [1.165, 1.54) is 0 Å². The maximum Gasteiger partial charge on any atom is 0.156 e. The molecule has 0 radical (unpaired) electrons. The largest absolute Gasteiger partial charge is 0.444 e. The van der Waals surface area contributed by atoms with Gasteiger partial charge in [-0.05, 0) is 27.2 Å². The molecule has 0 fully saturated rings. The number of hydrogen-bond donors (Lipinski definition) is 2. The van der Waals surface area contributed by atoms with Gasteiger partial charge in [-0.2, -0.15) is 0 Å². The predicted molar refractivity (Wildman–Crippen MR) is 48.8 cm³/mol. The van der Waals surface area contributed by atoms with Crippen LogP contribution in [-0.2, 0) is 0 Å². The van der Waals surface area contributed by atoms with E-state index in [1.54, 1.807) is 0 Å². The van der Waals surface area contributed by atoms with E-state index < -0.39 is 0 Å². The normalized spacial score (nSPS) is 15.0. The molecule has 5 N–H and O–H groups in total. The van der Waals surface area contributed by atoms with Crippen LogP contribution >= 0.6 is 0 Å². The highest BCUT2D eigenvalue weighted by Gasteiger charge is 2.17. The highest BCUT2D eigenvalue weighted by atomic mass is 16.3. The van der Waals surface area contributed by atoms with Gasteiger partial charge in [-0.25, -0.2) is 0 Å². The van der Waals surface area contributed by atoms with Gasteiger partial charge in [0.2, 0.25) is 0 Å². The Hall–Kier alpha value is -0.120. The molecule has 0 aromatic heterocycles. The Morgan fingerprint density at radius 1 is 1.55 bits per heavy atom. The summed E-state index contributed by atoms with van der Waals surface area (Å²) >= 11 is 0. The summed E-state index contributed by atoms with van der Waals surface area (Å²) in [6, 6.07) is 0.225. The molecule has 3 nitrogen and oxygen atoms in total. The van der Waals surface area contributed by atoms with Gasteiger partial charge in [0.1, 0.15) is 0 Å². The first-order valence-corrected chi connectivity index (χ1v) is 4.13. The summed E-state index contributed by atoms with van der Waals surface area (Å²) in [5, 5.41) is 10.2. The van der Waals surface area contributed by atoms with Crippen LogP contribution in [0.4, 0.5) is 0 Å². The third-order valence-corrected chi connectivity index (χ3v) is 1.56. The Bertz CT molecular complexity index is 102. The summed E-state index contributed by atoms with van der Waals surface area (Å²) in [6.07, 6.45) is 0.951. The van der Waals surface area contributed by atoms with Crippen LogP contribution in [0.25, 0.3) is 0 Å². The van der Waals surface area contributed by atoms with E-state index >= 15 is 0 Å². The lowest BCUT2D eigenvalue weighted by Gasteiger charge is -2.27. The molecule has 11 heavy (non-hydrogen) atoms. The van der Waals surface area contributed by atoms with E-state index in [4.69, 9.17) is 10.8 Å². The monoisotopic (exact) mass is 161 g/mol. The quantitative estimate of drug-likeness (QED) is 0.549. The Labute approximate surface area is 69.0 Å². The minimum absolute atomic E-state index is 0.0786. The molecule has 3 heteroatoms. The molecule has 0 saturated heterocycles. The fraction of sp³-hybridized carbons (Fsp3) is 1.00. The van der Waals surface area contributed by atoms with Crippen LogP contribution in [0.3, 0.4) is 0 Å². The fourth-order valence-electron chi connectivity index (χ4n) is 1.28. The lowest BCUT2D eigenvalue weighted by molar-refractivity contribution is 0.256. The molecule has 0 aliphatic heterocycles. The van der Waals surface area contributed by atoms with Gasteiger partial charge in [0.25, 0.3) is 0 Å². The minimum Gasteiger partial charge on any atom is -0.444 e. The van der Waals surface area contributed by atoms with Crippen LogP contribution in [0.5, 0.6) is 0 Å². The van der Waals surface area contributed by atoms with Crippen LogP contribution < -0.4 is 11.1 Å². The Morgan fingerprint density at radius 2 is 2.09 bits per heavy atom. The van der Waals surface area contributed by atoms with Gasteiger partial charge in [0.05, 0.1) is 6.54 Å². The van der Waals surface area contributed by atoms with Gasteiger partial charge >= 0.3 is 0 Å². The number of nitrogens with two attached hydrogens (primary N) is 1. The molecule has 68 valence electrons. The van der Waals surface area contributed by atoms with Gasteiger partial charge in [-0.1, -0.05) is 0 Å². The molecule has 0 aromatic carbocycles. The van der Waals surface area contributed by atoms with Crippen molar-refractivity contribution in [2.75, 3.05) is 13.2 Å². The zero-order valence-electron chi connectivity index (χ0n) is 7.78. The molecule has 0 spiro atoms. The molecule has 0 amide bonds. The molecular weight excluding hydrogens is 140 g/mol. The third-order valence-electron chi connectivity index (χ3n) is 1.56. The first-order valence-electron chi connectivity index (χ1n) is 4.13. The SMILES string of the molecule is C[C@@H](N)CC(C)(C)NCC[OH2+]. The highest BCUT2D eigenvalue weighted by molar-refractivity contribution is 4.80. The Balaban J connectivity index is 3.61. The molecule has 0 aromatic rings. The molecule has 0 aliphatic carbocycles. The minimum atomic E-state index is 0.0786. The van der Waals surface area contributed by atoms with E-state index in [0.717, 1.165) is 13.0 Å².